The Kier molecular flexibility index (Phi) is 7.28. The molecule has 176 valence electrons. The van der Waals surface area contributed by atoms with Gasteiger partial charge < -0.3 is 18.9 Å². The van der Waals surface area contributed by atoms with Crippen molar-refractivity contribution in [3.05, 3.63) is 45.9 Å². The molecule has 0 aliphatic carbocycles. The van der Waals surface area contributed by atoms with Gasteiger partial charge in [0.25, 0.3) is 0 Å². The van der Waals surface area contributed by atoms with Crippen molar-refractivity contribution in [3.63, 3.8) is 0 Å². The van der Waals surface area contributed by atoms with Crippen molar-refractivity contribution in [1.82, 2.24) is 0 Å². The Hall–Kier alpha value is -2.63. The minimum atomic E-state index is -4.95. The van der Waals surface area contributed by atoms with Crippen LogP contribution < -0.4 is 14.2 Å². The lowest BCUT2D eigenvalue weighted by atomic mass is 10.1. The molecular weight excluding hydrogens is 514 g/mol. The van der Waals surface area contributed by atoms with Crippen LogP contribution in [0.1, 0.15) is 36.7 Å². The van der Waals surface area contributed by atoms with Gasteiger partial charge in [-0.05, 0) is 61.0 Å². The highest BCUT2D eigenvalue weighted by Crippen LogP contribution is 2.43. The number of carbonyl (C=O) groups is 1. The molecule has 0 saturated carbocycles. The topological polar surface area (TPSA) is 54.0 Å². The van der Waals surface area contributed by atoms with Gasteiger partial charge in [-0.3, -0.25) is 0 Å². The molecule has 0 aliphatic rings. The molecule has 0 aliphatic heterocycles. The van der Waals surface area contributed by atoms with E-state index in [0.29, 0.717) is 6.07 Å². The number of carbonyl (C=O) groups excluding carboxylic acids is 1. The zero-order valence-corrected chi connectivity index (χ0v) is 18.7. The fraction of sp³-hybridized carbons (Fsp3) is 0.350. The van der Waals surface area contributed by atoms with E-state index in [2.05, 4.69) is 20.7 Å². The SMILES string of the molecule is COc1cc(OC(F)(F)F)ccc1Oc1ccc(C(F)(F)F)c(Br)c1C(=O)OC(C)(C)C. The van der Waals surface area contributed by atoms with Crippen LogP contribution in [0, 0.1) is 0 Å². The summed E-state index contributed by atoms with van der Waals surface area (Å²) in [5.41, 5.74) is -2.74. The molecule has 0 unspecified atom stereocenters. The van der Waals surface area contributed by atoms with Crippen molar-refractivity contribution in [3.8, 4) is 23.0 Å². The average molecular weight is 531 g/mol. The lowest BCUT2D eigenvalue weighted by Crippen LogP contribution is -2.25. The summed E-state index contributed by atoms with van der Waals surface area (Å²) in [6, 6.07) is 4.41. The van der Waals surface area contributed by atoms with Gasteiger partial charge in [-0.25, -0.2) is 4.79 Å². The molecule has 0 atom stereocenters. The summed E-state index contributed by atoms with van der Waals surface area (Å²) in [5, 5.41) is 0. The highest BCUT2D eigenvalue weighted by Gasteiger charge is 2.37. The van der Waals surface area contributed by atoms with E-state index in [1.54, 1.807) is 0 Å². The minimum Gasteiger partial charge on any atom is -0.493 e. The van der Waals surface area contributed by atoms with E-state index in [1.165, 1.54) is 20.8 Å². The third-order valence-electron chi connectivity index (χ3n) is 3.60. The molecule has 0 amide bonds. The first-order chi connectivity index (χ1) is 14.5. The number of rotatable bonds is 5. The van der Waals surface area contributed by atoms with E-state index >= 15 is 0 Å². The lowest BCUT2D eigenvalue weighted by molar-refractivity contribution is -0.274. The van der Waals surface area contributed by atoms with Gasteiger partial charge in [0.15, 0.2) is 11.5 Å². The minimum absolute atomic E-state index is 0.182. The number of hydrogen-bond acceptors (Lipinski definition) is 5. The summed E-state index contributed by atoms with van der Waals surface area (Å²) in [6.45, 7) is 4.57. The van der Waals surface area contributed by atoms with E-state index in [1.807, 2.05) is 0 Å². The molecule has 2 rings (SSSR count). The van der Waals surface area contributed by atoms with Crippen LogP contribution in [0.5, 0.6) is 23.0 Å². The Morgan fingerprint density at radius 3 is 2.00 bits per heavy atom. The molecular formula is C20H17BrF6O5. The Morgan fingerprint density at radius 1 is 0.906 bits per heavy atom. The molecule has 0 N–H and O–H groups in total. The molecule has 2 aromatic rings. The second-order valence-corrected chi connectivity index (χ2v) is 8.06. The molecule has 0 bridgehead atoms. The van der Waals surface area contributed by atoms with Gasteiger partial charge in [-0.1, -0.05) is 0 Å². The predicted octanol–water partition coefficient (Wildman–Crippen LogP) is 7.12. The summed E-state index contributed by atoms with van der Waals surface area (Å²) in [4.78, 5) is 12.7. The van der Waals surface area contributed by atoms with Crippen molar-refractivity contribution < 1.29 is 50.1 Å². The summed E-state index contributed by atoms with van der Waals surface area (Å²) in [6.07, 6.45) is -9.74. The van der Waals surface area contributed by atoms with Crippen LogP contribution in [-0.2, 0) is 10.9 Å². The maximum atomic E-state index is 13.3. The molecule has 5 nitrogen and oxygen atoms in total. The van der Waals surface area contributed by atoms with Crippen molar-refractivity contribution in [2.45, 2.75) is 38.9 Å². The van der Waals surface area contributed by atoms with E-state index in [9.17, 15) is 31.1 Å². The van der Waals surface area contributed by atoms with Crippen LogP contribution in [0.4, 0.5) is 26.3 Å². The number of benzene rings is 2. The number of methoxy groups -OCH3 is 1. The summed E-state index contributed by atoms with van der Waals surface area (Å²) in [7, 11) is 1.14. The van der Waals surface area contributed by atoms with Crippen LogP contribution >= 0.6 is 15.9 Å². The Labute approximate surface area is 187 Å². The molecule has 0 heterocycles. The van der Waals surface area contributed by atoms with Crippen molar-refractivity contribution >= 4 is 21.9 Å². The summed E-state index contributed by atoms with van der Waals surface area (Å²) >= 11 is 2.79. The van der Waals surface area contributed by atoms with Gasteiger partial charge in [0, 0.05) is 10.5 Å². The number of ether oxygens (including phenoxy) is 4. The third kappa shape index (κ3) is 6.68. The summed E-state index contributed by atoms with van der Waals surface area (Å²) < 4.78 is 96.2. The van der Waals surface area contributed by atoms with E-state index < -0.39 is 45.5 Å². The van der Waals surface area contributed by atoms with Gasteiger partial charge in [0.1, 0.15) is 22.7 Å². The fourth-order valence-corrected chi connectivity index (χ4v) is 3.14. The van der Waals surface area contributed by atoms with Gasteiger partial charge in [-0.15, -0.1) is 13.2 Å². The van der Waals surface area contributed by atoms with Gasteiger partial charge in [-0.2, -0.15) is 13.2 Å². The van der Waals surface area contributed by atoms with Crippen LogP contribution in [0.15, 0.2) is 34.8 Å². The molecule has 32 heavy (non-hydrogen) atoms. The highest BCUT2D eigenvalue weighted by molar-refractivity contribution is 9.10. The Balaban J connectivity index is 2.55. The van der Waals surface area contributed by atoms with E-state index in [-0.39, 0.29) is 17.2 Å². The zero-order chi connectivity index (χ0) is 24.5. The van der Waals surface area contributed by atoms with Crippen LogP contribution in [0.3, 0.4) is 0 Å². The van der Waals surface area contributed by atoms with Crippen LogP contribution in [0.2, 0.25) is 0 Å². The van der Waals surface area contributed by atoms with E-state index in [4.69, 9.17) is 14.2 Å². The monoisotopic (exact) mass is 530 g/mol. The quantitative estimate of drug-likeness (QED) is 0.304. The second-order valence-electron chi connectivity index (χ2n) is 7.26. The molecule has 0 fully saturated rings. The number of halogens is 7. The molecule has 0 spiro atoms. The molecule has 0 saturated heterocycles. The molecule has 0 radical (unpaired) electrons. The van der Waals surface area contributed by atoms with Crippen molar-refractivity contribution in [2.75, 3.05) is 7.11 Å². The lowest BCUT2D eigenvalue weighted by Gasteiger charge is -2.22. The standard InChI is InChI=1S/C20H17BrF6O5/c1-18(2,3)32-17(28)15-13(8-6-11(16(15)21)19(22,23)24)30-12-7-5-10(9-14(12)29-4)31-20(25,26)27/h5-9H,1-4H3. The van der Waals surface area contributed by atoms with Crippen molar-refractivity contribution in [2.24, 2.45) is 0 Å². The first kappa shape index (κ1) is 25.6. The maximum Gasteiger partial charge on any atom is 0.573 e. The highest BCUT2D eigenvalue weighted by atomic mass is 79.9. The van der Waals surface area contributed by atoms with Crippen LogP contribution in [-0.4, -0.2) is 25.0 Å². The van der Waals surface area contributed by atoms with E-state index in [0.717, 1.165) is 31.4 Å². The van der Waals surface area contributed by atoms with Crippen LogP contribution in [0.25, 0.3) is 0 Å². The van der Waals surface area contributed by atoms with Gasteiger partial charge in [0.2, 0.25) is 0 Å². The molecule has 2 aromatic carbocycles. The average Bonchev–Trinajstić information content (AvgIpc) is 2.59. The number of alkyl halides is 6. The zero-order valence-electron chi connectivity index (χ0n) is 17.1. The molecule has 0 aromatic heterocycles. The largest absolute Gasteiger partial charge is 0.573 e. The first-order valence-corrected chi connectivity index (χ1v) is 9.56. The Morgan fingerprint density at radius 2 is 1.50 bits per heavy atom. The first-order valence-electron chi connectivity index (χ1n) is 8.76. The fourth-order valence-electron chi connectivity index (χ4n) is 2.43. The molecule has 12 heteroatoms. The number of esters is 1. The predicted molar refractivity (Wildman–Crippen MR) is 104 cm³/mol. The Bertz CT molecular complexity index is 996. The van der Waals surface area contributed by atoms with Gasteiger partial charge in [0.05, 0.1) is 12.7 Å². The van der Waals surface area contributed by atoms with Crippen molar-refractivity contribution in [1.29, 1.82) is 0 Å². The smallest absolute Gasteiger partial charge is 0.493 e. The number of hydrogen-bond donors (Lipinski definition) is 0. The second kappa shape index (κ2) is 9.08. The summed E-state index contributed by atoms with van der Waals surface area (Å²) in [5.74, 6) is -2.47. The van der Waals surface area contributed by atoms with Gasteiger partial charge >= 0.3 is 18.5 Å². The normalized spacial score (nSPS) is 12.3. The third-order valence-corrected chi connectivity index (χ3v) is 4.42. The maximum absolute atomic E-state index is 13.3.